The predicted molar refractivity (Wildman–Crippen MR) is 109 cm³/mol. The standard InChI is InChI=1S/C22H19ClN2O3/c23-19-9-5-4-8-18(19)16-10-11-20(24-14-16)25-22(28)17(13-21(26)27)12-15-6-2-1-3-7-15/h1-11,14,17H,12-13H2,(H,26,27)(H,24,25,28). The number of aromatic nitrogens is 1. The van der Waals surface area contributed by atoms with Crippen LogP contribution in [0.2, 0.25) is 5.02 Å². The summed E-state index contributed by atoms with van der Waals surface area (Å²) in [4.78, 5) is 28.1. The van der Waals surface area contributed by atoms with Crippen LogP contribution in [-0.4, -0.2) is 22.0 Å². The highest BCUT2D eigenvalue weighted by atomic mass is 35.5. The number of amides is 1. The number of pyridine rings is 1. The van der Waals surface area contributed by atoms with Crippen LogP contribution in [0.25, 0.3) is 11.1 Å². The molecule has 1 amide bonds. The lowest BCUT2D eigenvalue weighted by atomic mass is 9.95. The molecule has 0 saturated heterocycles. The van der Waals surface area contributed by atoms with Crippen molar-refractivity contribution in [1.29, 1.82) is 0 Å². The van der Waals surface area contributed by atoms with Gasteiger partial charge in [-0.25, -0.2) is 4.98 Å². The summed E-state index contributed by atoms with van der Waals surface area (Å²) >= 11 is 6.20. The van der Waals surface area contributed by atoms with E-state index < -0.39 is 11.9 Å². The first kappa shape index (κ1) is 19.6. The maximum absolute atomic E-state index is 12.6. The number of nitrogens with one attached hydrogen (secondary N) is 1. The first-order valence-corrected chi connectivity index (χ1v) is 9.18. The largest absolute Gasteiger partial charge is 0.481 e. The number of hydrogen-bond acceptors (Lipinski definition) is 3. The second-order valence-electron chi connectivity index (χ2n) is 6.39. The number of halogens is 1. The summed E-state index contributed by atoms with van der Waals surface area (Å²) in [5.41, 5.74) is 2.59. The third kappa shape index (κ3) is 5.18. The first-order valence-electron chi connectivity index (χ1n) is 8.80. The van der Waals surface area contributed by atoms with Crippen molar-refractivity contribution < 1.29 is 14.7 Å². The Morgan fingerprint density at radius 1 is 1.00 bits per heavy atom. The van der Waals surface area contributed by atoms with E-state index in [2.05, 4.69) is 10.3 Å². The van der Waals surface area contributed by atoms with Crippen molar-refractivity contribution in [1.82, 2.24) is 4.98 Å². The lowest BCUT2D eigenvalue weighted by Crippen LogP contribution is -2.27. The smallest absolute Gasteiger partial charge is 0.304 e. The highest BCUT2D eigenvalue weighted by Crippen LogP contribution is 2.27. The number of hydrogen-bond donors (Lipinski definition) is 2. The average molecular weight is 395 g/mol. The van der Waals surface area contributed by atoms with E-state index in [4.69, 9.17) is 16.7 Å². The molecule has 1 unspecified atom stereocenters. The molecule has 0 aliphatic rings. The molecule has 1 aromatic heterocycles. The second-order valence-corrected chi connectivity index (χ2v) is 6.79. The van der Waals surface area contributed by atoms with Crippen molar-refractivity contribution in [2.24, 2.45) is 5.92 Å². The molecule has 1 atom stereocenters. The van der Waals surface area contributed by atoms with Gasteiger partial charge in [-0.05, 0) is 30.2 Å². The summed E-state index contributed by atoms with van der Waals surface area (Å²) in [6.45, 7) is 0. The molecule has 3 rings (SSSR count). The van der Waals surface area contributed by atoms with Crippen molar-refractivity contribution in [3.8, 4) is 11.1 Å². The molecule has 5 nitrogen and oxygen atoms in total. The Balaban J connectivity index is 1.72. The monoisotopic (exact) mass is 394 g/mol. The molecule has 6 heteroatoms. The lowest BCUT2D eigenvalue weighted by Gasteiger charge is -2.15. The van der Waals surface area contributed by atoms with E-state index in [1.54, 1.807) is 18.3 Å². The quantitative estimate of drug-likeness (QED) is 0.610. The molecule has 0 aliphatic heterocycles. The van der Waals surface area contributed by atoms with Gasteiger partial charge in [-0.15, -0.1) is 0 Å². The first-order chi connectivity index (χ1) is 13.5. The maximum atomic E-state index is 12.6. The van der Waals surface area contributed by atoms with Crippen LogP contribution in [0.1, 0.15) is 12.0 Å². The number of carboxylic acid groups (broad SMARTS) is 1. The fraction of sp³-hybridized carbons (Fsp3) is 0.136. The van der Waals surface area contributed by atoms with Gasteiger partial charge in [0.25, 0.3) is 0 Å². The highest BCUT2D eigenvalue weighted by molar-refractivity contribution is 6.33. The fourth-order valence-electron chi connectivity index (χ4n) is 2.92. The Morgan fingerprint density at radius 3 is 2.36 bits per heavy atom. The Bertz CT molecular complexity index is 959. The summed E-state index contributed by atoms with van der Waals surface area (Å²) < 4.78 is 0. The van der Waals surface area contributed by atoms with Crippen molar-refractivity contribution in [3.05, 3.63) is 83.5 Å². The summed E-state index contributed by atoms with van der Waals surface area (Å²) in [6, 6.07) is 20.3. The van der Waals surface area contributed by atoms with Crippen molar-refractivity contribution >= 4 is 29.3 Å². The van der Waals surface area contributed by atoms with Crippen LogP contribution < -0.4 is 5.32 Å². The van der Waals surface area contributed by atoms with Gasteiger partial charge in [0.2, 0.25) is 5.91 Å². The zero-order valence-corrected chi connectivity index (χ0v) is 15.8. The van der Waals surface area contributed by atoms with Gasteiger partial charge in [0, 0.05) is 22.3 Å². The van der Waals surface area contributed by atoms with E-state index in [0.29, 0.717) is 17.3 Å². The van der Waals surface area contributed by atoms with Gasteiger partial charge in [0.15, 0.2) is 0 Å². The number of anilines is 1. The molecule has 3 aromatic rings. The molecule has 28 heavy (non-hydrogen) atoms. The van der Waals surface area contributed by atoms with Crippen molar-refractivity contribution in [2.75, 3.05) is 5.32 Å². The van der Waals surface area contributed by atoms with Crippen LogP contribution in [0.3, 0.4) is 0 Å². The maximum Gasteiger partial charge on any atom is 0.304 e. The van der Waals surface area contributed by atoms with Crippen LogP contribution in [0.4, 0.5) is 5.82 Å². The summed E-state index contributed by atoms with van der Waals surface area (Å²) in [5.74, 6) is -1.71. The number of aliphatic carboxylic acids is 1. The van der Waals surface area contributed by atoms with E-state index in [-0.39, 0.29) is 12.3 Å². The minimum atomic E-state index is -1.02. The number of benzene rings is 2. The molecule has 0 aliphatic carbocycles. The Hall–Kier alpha value is -3.18. The van der Waals surface area contributed by atoms with E-state index in [1.165, 1.54) is 0 Å². The van der Waals surface area contributed by atoms with Gasteiger partial charge in [-0.1, -0.05) is 60.1 Å². The SMILES string of the molecule is O=C(O)CC(Cc1ccccc1)C(=O)Nc1ccc(-c2ccccc2Cl)cn1. The van der Waals surface area contributed by atoms with Crippen LogP contribution in [-0.2, 0) is 16.0 Å². The third-order valence-corrected chi connectivity index (χ3v) is 4.65. The normalized spacial score (nSPS) is 11.6. The molecule has 1 heterocycles. The molecule has 2 aromatic carbocycles. The average Bonchev–Trinajstić information content (AvgIpc) is 2.69. The van der Waals surface area contributed by atoms with E-state index >= 15 is 0 Å². The molecule has 0 saturated carbocycles. The van der Waals surface area contributed by atoms with Gasteiger partial charge in [0.05, 0.1) is 12.3 Å². The van der Waals surface area contributed by atoms with E-state index in [1.807, 2.05) is 54.6 Å². The Labute approximate surface area is 168 Å². The van der Waals surface area contributed by atoms with Crippen LogP contribution in [0.5, 0.6) is 0 Å². The molecule has 0 radical (unpaired) electrons. The van der Waals surface area contributed by atoms with Crippen LogP contribution in [0, 0.1) is 5.92 Å². The van der Waals surface area contributed by atoms with Gasteiger partial charge in [-0.3, -0.25) is 9.59 Å². The molecule has 142 valence electrons. The number of rotatable bonds is 7. The fourth-order valence-corrected chi connectivity index (χ4v) is 3.16. The van der Waals surface area contributed by atoms with Crippen molar-refractivity contribution in [2.45, 2.75) is 12.8 Å². The second kappa shape index (κ2) is 9.15. The Kier molecular flexibility index (Phi) is 6.40. The minimum Gasteiger partial charge on any atom is -0.481 e. The highest BCUT2D eigenvalue weighted by Gasteiger charge is 2.22. The van der Waals surface area contributed by atoms with Crippen LogP contribution >= 0.6 is 11.6 Å². The van der Waals surface area contributed by atoms with Gasteiger partial charge >= 0.3 is 5.97 Å². The van der Waals surface area contributed by atoms with Crippen LogP contribution in [0.15, 0.2) is 72.9 Å². The molecule has 2 N–H and O–H groups in total. The number of nitrogens with zero attached hydrogens (tertiary/aromatic N) is 1. The minimum absolute atomic E-state index is 0.252. The van der Waals surface area contributed by atoms with E-state index in [9.17, 15) is 9.59 Å². The topological polar surface area (TPSA) is 79.3 Å². The number of carbonyl (C=O) groups excluding carboxylic acids is 1. The number of carbonyl (C=O) groups is 2. The molecular formula is C22H19ClN2O3. The van der Waals surface area contributed by atoms with Gasteiger partial charge in [0.1, 0.15) is 5.82 Å². The summed E-state index contributed by atoms with van der Waals surface area (Å²) in [6.07, 6.45) is 1.72. The molecule has 0 spiro atoms. The predicted octanol–water partition coefficient (Wildman–Crippen LogP) is 4.67. The van der Waals surface area contributed by atoms with Gasteiger partial charge in [-0.2, -0.15) is 0 Å². The zero-order chi connectivity index (χ0) is 19.9. The molecule has 0 fully saturated rings. The van der Waals surface area contributed by atoms with Crippen molar-refractivity contribution in [3.63, 3.8) is 0 Å². The summed E-state index contributed by atoms with van der Waals surface area (Å²) in [7, 11) is 0. The van der Waals surface area contributed by atoms with Gasteiger partial charge < -0.3 is 10.4 Å². The molecule has 0 bridgehead atoms. The molecular weight excluding hydrogens is 376 g/mol. The third-order valence-electron chi connectivity index (χ3n) is 4.32. The number of carboxylic acids is 1. The zero-order valence-electron chi connectivity index (χ0n) is 15.0. The lowest BCUT2D eigenvalue weighted by molar-refractivity contribution is -0.140. The Morgan fingerprint density at radius 2 is 1.71 bits per heavy atom. The van der Waals surface area contributed by atoms with E-state index in [0.717, 1.165) is 16.7 Å². The summed E-state index contributed by atoms with van der Waals surface area (Å²) in [5, 5.41) is 12.5.